The van der Waals surface area contributed by atoms with Crippen molar-refractivity contribution in [2.75, 3.05) is 26.2 Å². The molecule has 1 saturated carbocycles. The van der Waals surface area contributed by atoms with Crippen molar-refractivity contribution in [3.8, 4) is 0 Å². The van der Waals surface area contributed by atoms with Gasteiger partial charge >= 0.3 is 0 Å². The number of hydrogen-bond acceptors (Lipinski definition) is 3. The van der Waals surface area contributed by atoms with Crippen molar-refractivity contribution < 1.29 is 9.53 Å². The zero-order valence-electron chi connectivity index (χ0n) is 14.1. The van der Waals surface area contributed by atoms with Crippen LogP contribution in [0.25, 0.3) is 0 Å². The number of likely N-dealkylation sites (tertiary alicyclic amines) is 2. The molecular formula is C18H32N2O2. The number of amides is 1. The van der Waals surface area contributed by atoms with Gasteiger partial charge in [-0.3, -0.25) is 9.69 Å². The molecule has 4 heteroatoms. The molecule has 2 saturated heterocycles. The minimum atomic E-state index is 0.144. The van der Waals surface area contributed by atoms with Crippen molar-refractivity contribution in [3.05, 3.63) is 0 Å². The first-order valence-electron chi connectivity index (χ1n) is 9.46. The molecule has 2 heterocycles. The molecule has 1 aliphatic carbocycles. The van der Waals surface area contributed by atoms with E-state index in [1.807, 2.05) is 0 Å². The summed E-state index contributed by atoms with van der Waals surface area (Å²) in [7, 11) is 0. The molecule has 0 spiro atoms. The van der Waals surface area contributed by atoms with Gasteiger partial charge in [0.1, 0.15) is 0 Å². The lowest BCUT2D eigenvalue weighted by molar-refractivity contribution is -0.141. The Labute approximate surface area is 135 Å². The Hall–Kier alpha value is -0.610. The van der Waals surface area contributed by atoms with Crippen LogP contribution in [0.2, 0.25) is 0 Å². The molecule has 0 aromatic rings. The maximum Gasteiger partial charge on any atom is 0.239 e. The number of likely N-dealkylation sites (N-methyl/N-ethyl adjacent to an activating group) is 1. The minimum absolute atomic E-state index is 0.144. The van der Waals surface area contributed by atoms with Crippen LogP contribution in [-0.4, -0.2) is 60.1 Å². The molecule has 22 heavy (non-hydrogen) atoms. The fraction of sp³-hybridized carbons (Fsp3) is 0.944. The van der Waals surface area contributed by atoms with Crippen molar-refractivity contribution in [1.82, 2.24) is 9.80 Å². The van der Waals surface area contributed by atoms with E-state index in [0.29, 0.717) is 18.1 Å². The third-order valence-corrected chi connectivity index (χ3v) is 5.75. The molecule has 3 rings (SSSR count). The summed E-state index contributed by atoms with van der Waals surface area (Å²) in [5.74, 6) is 0.376. The molecule has 3 aliphatic rings. The standard InChI is InChI=1S/C18H32N2O2/c1-2-19-12-6-5-9-17(19)18(21)20-13-10-16(11-14-20)22-15-7-3-4-8-15/h15-17H,2-14H2,1H3/t17-/m0/s1. The molecular weight excluding hydrogens is 276 g/mol. The first kappa shape index (κ1) is 16.3. The minimum Gasteiger partial charge on any atom is -0.375 e. The molecule has 2 aliphatic heterocycles. The lowest BCUT2D eigenvalue weighted by Gasteiger charge is -2.39. The summed E-state index contributed by atoms with van der Waals surface area (Å²) in [6.07, 6.45) is 11.6. The highest BCUT2D eigenvalue weighted by molar-refractivity contribution is 5.82. The summed E-state index contributed by atoms with van der Waals surface area (Å²) < 4.78 is 6.22. The second kappa shape index (κ2) is 7.78. The van der Waals surface area contributed by atoms with Crippen molar-refractivity contribution in [1.29, 1.82) is 0 Å². The van der Waals surface area contributed by atoms with Gasteiger partial charge in [-0.15, -0.1) is 0 Å². The summed E-state index contributed by atoms with van der Waals surface area (Å²) in [4.78, 5) is 17.3. The Bertz CT molecular complexity index is 360. The molecule has 4 nitrogen and oxygen atoms in total. The second-order valence-electron chi connectivity index (χ2n) is 7.21. The van der Waals surface area contributed by atoms with E-state index in [4.69, 9.17) is 4.74 Å². The summed E-state index contributed by atoms with van der Waals surface area (Å²) in [5, 5.41) is 0. The molecule has 0 aromatic heterocycles. The van der Waals surface area contributed by atoms with Gasteiger partial charge in [0.15, 0.2) is 0 Å². The molecule has 0 aromatic carbocycles. The van der Waals surface area contributed by atoms with Gasteiger partial charge in [-0.05, 0) is 51.6 Å². The zero-order chi connectivity index (χ0) is 15.4. The number of carbonyl (C=O) groups excluding carboxylic acids is 1. The Kier molecular flexibility index (Phi) is 5.75. The number of nitrogens with zero attached hydrogens (tertiary/aromatic N) is 2. The van der Waals surface area contributed by atoms with Crippen LogP contribution in [0.1, 0.15) is 64.7 Å². The molecule has 126 valence electrons. The average molecular weight is 308 g/mol. The quantitative estimate of drug-likeness (QED) is 0.800. The van der Waals surface area contributed by atoms with Gasteiger partial charge in [-0.25, -0.2) is 0 Å². The van der Waals surface area contributed by atoms with E-state index in [1.165, 1.54) is 38.5 Å². The van der Waals surface area contributed by atoms with Gasteiger partial charge in [0.25, 0.3) is 0 Å². The lowest BCUT2D eigenvalue weighted by Crippen LogP contribution is -2.53. The number of carbonyl (C=O) groups is 1. The van der Waals surface area contributed by atoms with E-state index in [-0.39, 0.29) is 6.04 Å². The number of hydrogen-bond donors (Lipinski definition) is 0. The Morgan fingerprint density at radius 2 is 1.55 bits per heavy atom. The first-order chi connectivity index (χ1) is 10.8. The monoisotopic (exact) mass is 308 g/mol. The Balaban J connectivity index is 1.46. The fourth-order valence-electron chi connectivity index (χ4n) is 4.37. The van der Waals surface area contributed by atoms with E-state index >= 15 is 0 Å². The molecule has 0 N–H and O–H groups in total. The van der Waals surface area contributed by atoms with Gasteiger partial charge in [0.2, 0.25) is 5.91 Å². The van der Waals surface area contributed by atoms with E-state index < -0.39 is 0 Å². The highest BCUT2D eigenvalue weighted by Crippen LogP contribution is 2.26. The SMILES string of the molecule is CCN1CCCC[C@H]1C(=O)N1CCC(OC2CCCC2)CC1. The maximum atomic E-state index is 12.8. The van der Waals surface area contributed by atoms with Gasteiger partial charge in [0.05, 0.1) is 18.2 Å². The van der Waals surface area contributed by atoms with Crippen LogP contribution in [0.15, 0.2) is 0 Å². The molecule has 0 unspecified atom stereocenters. The number of piperidine rings is 2. The van der Waals surface area contributed by atoms with Gasteiger partial charge in [0, 0.05) is 13.1 Å². The predicted molar refractivity (Wildman–Crippen MR) is 87.8 cm³/mol. The Morgan fingerprint density at radius 1 is 0.909 bits per heavy atom. The highest BCUT2D eigenvalue weighted by Gasteiger charge is 2.33. The molecule has 1 amide bonds. The third-order valence-electron chi connectivity index (χ3n) is 5.75. The second-order valence-corrected chi connectivity index (χ2v) is 7.21. The number of rotatable bonds is 4. The topological polar surface area (TPSA) is 32.8 Å². The van der Waals surface area contributed by atoms with Crippen LogP contribution in [0.5, 0.6) is 0 Å². The fourth-order valence-corrected chi connectivity index (χ4v) is 4.37. The van der Waals surface area contributed by atoms with Crippen LogP contribution in [0, 0.1) is 0 Å². The third kappa shape index (κ3) is 3.83. The van der Waals surface area contributed by atoms with E-state index in [0.717, 1.165) is 45.4 Å². The predicted octanol–water partition coefficient (Wildman–Crippen LogP) is 2.81. The largest absolute Gasteiger partial charge is 0.375 e. The first-order valence-corrected chi connectivity index (χ1v) is 9.46. The molecule has 1 atom stereocenters. The van der Waals surface area contributed by atoms with Crippen LogP contribution >= 0.6 is 0 Å². The van der Waals surface area contributed by atoms with Gasteiger partial charge in [-0.1, -0.05) is 26.2 Å². The highest BCUT2D eigenvalue weighted by atomic mass is 16.5. The average Bonchev–Trinajstić information content (AvgIpc) is 3.08. The van der Waals surface area contributed by atoms with Crippen LogP contribution < -0.4 is 0 Å². The summed E-state index contributed by atoms with van der Waals surface area (Å²) >= 11 is 0. The van der Waals surface area contributed by atoms with Crippen LogP contribution in [0.4, 0.5) is 0 Å². The van der Waals surface area contributed by atoms with Crippen LogP contribution in [0.3, 0.4) is 0 Å². The number of ether oxygens (including phenoxy) is 1. The van der Waals surface area contributed by atoms with Crippen molar-refractivity contribution in [2.24, 2.45) is 0 Å². The van der Waals surface area contributed by atoms with Gasteiger partial charge in [-0.2, -0.15) is 0 Å². The molecule has 0 bridgehead atoms. The Morgan fingerprint density at radius 3 is 2.23 bits per heavy atom. The van der Waals surface area contributed by atoms with Crippen molar-refractivity contribution in [3.63, 3.8) is 0 Å². The lowest BCUT2D eigenvalue weighted by atomic mass is 9.99. The summed E-state index contributed by atoms with van der Waals surface area (Å²) in [6, 6.07) is 0.144. The van der Waals surface area contributed by atoms with E-state index in [2.05, 4.69) is 16.7 Å². The molecule has 0 radical (unpaired) electrons. The van der Waals surface area contributed by atoms with Crippen molar-refractivity contribution >= 4 is 5.91 Å². The zero-order valence-corrected chi connectivity index (χ0v) is 14.1. The van der Waals surface area contributed by atoms with Crippen molar-refractivity contribution in [2.45, 2.75) is 83.0 Å². The maximum absolute atomic E-state index is 12.8. The van der Waals surface area contributed by atoms with Crippen LogP contribution in [-0.2, 0) is 9.53 Å². The van der Waals surface area contributed by atoms with E-state index in [1.54, 1.807) is 0 Å². The normalized spacial score (nSPS) is 29.1. The smallest absolute Gasteiger partial charge is 0.239 e. The van der Waals surface area contributed by atoms with E-state index in [9.17, 15) is 4.79 Å². The summed E-state index contributed by atoms with van der Waals surface area (Å²) in [5.41, 5.74) is 0. The molecule has 3 fully saturated rings. The summed E-state index contributed by atoms with van der Waals surface area (Å²) in [6.45, 7) is 6.05. The van der Waals surface area contributed by atoms with Gasteiger partial charge < -0.3 is 9.64 Å².